The largest absolute Gasteiger partial charge is 0.459 e. The molecule has 0 saturated carbocycles. The lowest BCUT2D eigenvalue weighted by Gasteiger charge is -2.24. The Hall–Kier alpha value is -3.20. The van der Waals surface area contributed by atoms with Gasteiger partial charge in [-0.3, -0.25) is 4.79 Å². The van der Waals surface area contributed by atoms with E-state index in [0.717, 1.165) is 12.1 Å². The molecule has 0 aliphatic carbocycles. The van der Waals surface area contributed by atoms with E-state index in [1.165, 1.54) is 29.4 Å². The number of hydrogen-bond acceptors (Lipinski definition) is 5. The lowest BCUT2D eigenvalue weighted by atomic mass is 10.1. The molecule has 1 amide bonds. The normalized spacial score (nSPS) is 16.1. The van der Waals surface area contributed by atoms with E-state index in [4.69, 9.17) is 25.3 Å². The van der Waals surface area contributed by atoms with Crippen molar-refractivity contribution in [2.24, 2.45) is 5.16 Å². The minimum atomic E-state index is -4.48. The summed E-state index contributed by atoms with van der Waals surface area (Å²) in [6, 6.07) is 11.1. The molecule has 2 aromatic heterocycles. The van der Waals surface area contributed by atoms with Crippen molar-refractivity contribution in [1.29, 1.82) is 0 Å². The predicted octanol–water partition coefficient (Wildman–Crippen LogP) is 5.38. The second-order valence-electron chi connectivity index (χ2n) is 6.93. The zero-order chi connectivity index (χ0) is 22.0. The van der Waals surface area contributed by atoms with Crippen molar-refractivity contribution in [3.63, 3.8) is 0 Å². The Kier molecular flexibility index (Phi) is 5.77. The van der Waals surface area contributed by atoms with Gasteiger partial charge in [0.25, 0.3) is 5.91 Å². The first-order chi connectivity index (χ1) is 14.8. The Morgan fingerprint density at radius 2 is 2.03 bits per heavy atom. The van der Waals surface area contributed by atoms with E-state index in [-0.39, 0.29) is 24.1 Å². The predicted molar refractivity (Wildman–Crippen MR) is 105 cm³/mol. The highest BCUT2D eigenvalue weighted by molar-refractivity contribution is 6.29. The van der Waals surface area contributed by atoms with Gasteiger partial charge in [0.2, 0.25) is 0 Å². The molecule has 1 unspecified atom stereocenters. The Labute approximate surface area is 179 Å². The first-order valence-electron chi connectivity index (χ1n) is 9.27. The molecule has 4 rings (SSSR count). The summed E-state index contributed by atoms with van der Waals surface area (Å²) >= 11 is 5.79. The lowest BCUT2D eigenvalue weighted by molar-refractivity contribution is -0.137. The Morgan fingerprint density at radius 3 is 2.71 bits per heavy atom. The van der Waals surface area contributed by atoms with Crippen LogP contribution in [0.3, 0.4) is 0 Å². The van der Waals surface area contributed by atoms with Crippen LogP contribution in [-0.2, 0) is 17.6 Å². The standard InChI is InChI=1S/C21H16ClF3N2O4/c22-19-7-6-17(30-19)16-10-15(31-26-16)12-27(20(28)18-5-2-8-29-18)11-13-3-1-4-14(9-13)21(23,24)25/h1-9,15H,10-12H2. The summed E-state index contributed by atoms with van der Waals surface area (Å²) in [7, 11) is 0. The number of nitrogens with zero attached hydrogens (tertiary/aromatic N) is 2. The van der Waals surface area contributed by atoms with E-state index in [9.17, 15) is 18.0 Å². The molecule has 0 N–H and O–H groups in total. The number of benzene rings is 1. The third kappa shape index (κ3) is 4.93. The Bertz CT molecular complexity index is 1090. The van der Waals surface area contributed by atoms with Crippen LogP contribution in [0, 0.1) is 0 Å². The van der Waals surface area contributed by atoms with Gasteiger partial charge in [-0.2, -0.15) is 13.2 Å². The zero-order valence-electron chi connectivity index (χ0n) is 15.9. The quantitative estimate of drug-likeness (QED) is 0.503. The van der Waals surface area contributed by atoms with Gasteiger partial charge in [0.05, 0.1) is 18.4 Å². The molecule has 0 saturated heterocycles. The maximum absolute atomic E-state index is 13.1. The highest BCUT2D eigenvalue weighted by Crippen LogP contribution is 2.30. The van der Waals surface area contributed by atoms with Crippen LogP contribution in [0.5, 0.6) is 0 Å². The molecule has 162 valence electrons. The lowest BCUT2D eigenvalue weighted by Crippen LogP contribution is -2.37. The molecule has 3 heterocycles. The monoisotopic (exact) mass is 452 g/mol. The second kappa shape index (κ2) is 8.50. The van der Waals surface area contributed by atoms with Crippen molar-refractivity contribution in [2.45, 2.75) is 25.2 Å². The van der Waals surface area contributed by atoms with Crippen LogP contribution in [-0.4, -0.2) is 29.2 Å². The molecule has 10 heteroatoms. The number of amides is 1. The van der Waals surface area contributed by atoms with Crippen molar-refractivity contribution in [3.8, 4) is 0 Å². The van der Waals surface area contributed by atoms with Gasteiger partial charge < -0.3 is 18.6 Å². The molecule has 31 heavy (non-hydrogen) atoms. The molecule has 1 atom stereocenters. The van der Waals surface area contributed by atoms with Crippen LogP contribution in [0.4, 0.5) is 13.2 Å². The van der Waals surface area contributed by atoms with E-state index in [1.807, 2.05) is 0 Å². The number of hydrogen-bond donors (Lipinski definition) is 0. The fourth-order valence-electron chi connectivity index (χ4n) is 3.23. The van der Waals surface area contributed by atoms with Crippen LogP contribution in [0.25, 0.3) is 0 Å². The minimum Gasteiger partial charge on any atom is -0.459 e. The number of alkyl halides is 3. The third-order valence-corrected chi connectivity index (χ3v) is 4.86. The SMILES string of the molecule is O=C(c1ccco1)N(Cc1cccc(C(F)(F)F)c1)CC1CC(c2ccc(Cl)o2)=NO1. The average Bonchev–Trinajstić information content (AvgIpc) is 3.48. The van der Waals surface area contributed by atoms with Gasteiger partial charge >= 0.3 is 6.18 Å². The zero-order valence-corrected chi connectivity index (χ0v) is 16.7. The van der Waals surface area contributed by atoms with Crippen molar-refractivity contribution in [2.75, 3.05) is 6.54 Å². The van der Waals surface area contributed by atoms with E-state index in [2.05, 4.69) is 5.16 Å². The summed E-state index contributed by atoms with van der Waals surface area (Å²) < 4.78 is 49.7. The topological polar surface area (TPSA) is 68.2 Å². The average molecular weight is 453 g/mol. The molecule has 1 aliphatic heterocycles. The van der Waals surface area contributed by atoms with E-state index in [0.29, 0.717) is 23.5 Å². The first-order valence-corrected chi connectivity index (χ1v) is 9.65. The van der Waals surface area contributed by atoms with Crippen LogP contribution in [0.15, 0.2) is 68.8 Å². The molecule has 1 aliphatic rings. The maximum Gasteiger partial charge on any atom is 0.416 e. The molecule has 3 aromatic rings. The minimum absolute atomic E-state index is 0.0643. The summed E-state index contributed by atoms with van der Waals surface area (Å²) in [5, 5.41) is 4.19. The van der Waals surface area contributed by atoms with E-state index in [1.54, 1.807) is 18.2 Å². The second-order valence-corrected chi connectivity index (χ2v) is 7.31. The molecule has 6 nitrogen and oxygen atoms in total. The van der Waals surface area contributed by atoms with E-state index >= 15 is 0 Å². The molecular weight excluding hydrogens is 437 g/mol. The summed E-state index contributed by atoms with van der Waals surface area (Å²) in [5.74, 6) is 0.0544. The molecule has 0 radical (unpaired) electrons. The molecular formula is C21H16ClF3N2O4. The van der Waals surface area contributed by atoms with Crippen molar-refractivity contribution in [1.82, 2.24) is 4.90 Å². The van der Waals surface area contributed by atoms with Gasteiger partial charge in [-0.25, -0.2) is 0 Å². The Morgan fingerprint density at radius 1 is 1.19 bits per heavy atom. The third-order valence-electron chi connectivity index (χ3n) is 4.66. The van der Waals surface area contributed by atoms with Gasteiger partial charge in [-0.1, -0.05) is 17.3 Å². The first kappa shape index (κ1) is 21.0. The van der Waals surface area contributed by atoms with Crippen molar-refractivity contribution < 1.29 is 31.6 Å². The van der Waals surface area contributed by atoms with E-state index < -0.39 is 23.8 Å². The summed E-state index contributed by atoms with van der Waals surface area (Å²) in [6.45, 7) is 0.0163. The van der Waals surface area contributed by atoms with Crippen LogP contribution >= 0.6 is 11.6 Å². The fourth-order valence-corrected chi connectivity index (χ4v) is 3.37. The van der Waals surface area contributed by atoms with Crippen molar-refractivity contribution in [3.05, 3.63) is 82.7 Å². The molecule has 0 spiro atoms. The highest BCUT2D eigenvalue weighted by Gasteiger charge is 2.32. The number of carbonyl (C=O) groups excluding carboxylic acids is 1. The van der Waals surface area contributed by atoms with Gasteiger partial charge in [0, 0.05) is 13.0 Å². The summed E-state index contributed by atoms with van der Waals surface area (Å²) in [4.78, 5) is 19.7. The molecule has 0 fully saturated rings. The maximum atomic E-state index is 13.1. The molecule has 1 aromatic carbocycles. The number of rotatable bonds is 6. The number of halogens is 4. The Balaban J connectivity index is 1.51. The van der Waals surface area contributed by atoms with Gasteiger partial charge in [0.1, 0.15) is 5.71 Å². The van der Waals surface area contributed by atoms with Crippen LogP contribution < -0.4 is 0 Å². The molecule has 0 bridgehead atoms. The number of carbonyl (C=O) groups is 1. The van der Waals surface area contributed by atoms with Crippen LogP contribution in [0.1, 0.15) is 33.9 Å². The van der Waals surface area contributed by atoms with Crippen molar-refractivity contribution >= 4 is 23.2 Å². The smallest absolute Gasteiger partial charge is 0.416 e. The van der Waals surface area contributed by atoms with Gasteiger partial charge in [-0.15, -0.1) is 0 Å². The fraction of sp³-hybridized carbons (Fsp3) is 0.238. The number of oxime groups is 1. The van der Waals surface area contributed by atoms with Gasteiger partial charge in [0.15, 0.2) is 22.8 Å². The summed E-state index contributed by atoms with van der Waals surface area (Å²) in [6.07, 6.45) is -3.30. The number of furan rings is 2. The van der Waals surface area contributed by atoms with Crippen LogP contribution in [0.2, 0.25) is 5.22 Å². The summed E-state index contributed by atoms with van der Waals surface area (Å²) in [5.41, 5.74) is 0.0703. The van der Waals surface area contributed by atoms with Gasteiger partial charge in [-0.05, 0) is 53.6 Å². The highest BCUT2D eigenvalue weighted by atomic mass is 35.5.